The number of alkyl halides is 1. The van der Waals surface area contributed by atoms with Crippen molar-refractivity contribution in [2.75, 3.05) is 42.5 Å². The summed E-state index contributed by atoms with van der Waals surface area (Å²) < 4.78 is 15.8. The van der Waals surface area contributed by atoms with Gasteiger partial charge >= 0.3 is 5.69 Å². The Labute approximate surface area is 232 Å². The number of pyridine rings is 1. The van der Waals surface area contributed by atoms with E-state index in [4.69, 9.17) is 16.6 Å². The van der Waals surface area contributed by atoms with E-state index < -0.39 is 11.9 Å². The quantitative estimate of drug-likeness (QED) is 0.424. The normalized spacial score (nSPS) is 19.7. The van der Waals surface area contributed by atoms with Gasteiger partial charge in [-0.2, -0.15) is 4.98 Å². The molecule has 0 aliphatic carbocycles. The highest BCUT2D eigenvalue weighted by molar-refractivity contribution is 6.33. The summed E-state index contributed by atoms with van der Waals surface area (Å²) in [7, 11) is 0. The van der Waals surface area contributed by atoms with Crippen LogP contribution in [0.5, 0.6) is 0 Å². The molecule has 3 aromatic rings. The van der Waals surface area contributed by atoms with E-state index in [0.717, 1.165) is 29.7 Å². The summed E-state index contributed by atoms with van der Waals surface area (Å²) in [6, 6.07) is 7.74. The molecule has 5 rings (SSSR count). The molecule has 0 radical (unpaired) electrons. The Morgan fingerprint density at radius 2 is 1.85 bits per heavy atom. The minimum atomic E-state index is -0.948. The van der Waals surface area contributed by atoms with Gasteiger partial charge in [-0.05, 0) is 49.5 Å². The number of amides is 1. The smallest absolute Gasteiger partial charge is 0.352 e. The topological polar surface area (TPSA) is 74.6 Å². The third-order valence-electron chi connectivity index (χ3n) is 7.79. The first-order valence-corrected chi connectivity index (χ1v) is 14.0. The van der Waals surface area contributed by atoms with E-state index in [1.165, 1.54) is 6.08 Å². The number of halogens is 2. The van der Waals surface area contributed by atoms with E-state index in [0.29, 0.717) is 60.3 Å². The zero-order valence-electron chi connectivity index (χ0n) is 22.7. The number of aromatic nitrogens is 3. The molecule has 2 aromatic heterocycles. The van der Waals surface area contributed by atoms with Gasteiger partial charge in [0.05, 0.1) is 22.6 Å². The Hall–Kier alpha value is -3.46. The van der Waals surface area contributed by atoms with Crippen LogP contribution in [0.3, 0.4) is 0 Å². The van der Waals surface area contributed by atoms with Gasteiger partial charge in [-0.15, -0.1) is 0 Å². The van der Waals surface area contributed by atoms with Crippen LogP contribution in [0.25, 0.3) is 16.7 Å². The number of hydrogen-bond donors (Lipinski definition) is 0. The van der Waals surface area contributed by atoms with Crippen LogP contribution in [0.15, 0.2) is 41.7 Å². The van der Waals surface area contributed by atoms with Crippen LogP contribution in [-0.2, 0) is 17.6 Å². The predicted molar refractivity (Wildman–Crippen MR) is 154 cm³/mol. The third-order valence-corrected chi connectivity index (χ3v) is 8.07. The van der Waals surface area contributed by atoms with E-state index in [1.807, 2.05) is 34.9 Å². The summed E-state index contributed by atoms with van der Waals surface area (Å²) in [6.45, 7) is 11.9. The van der Waals surface area contributed by atoms with Crippen molar-refractivity contribution in [2.24, 2.45) is 0 Å². The highest BCUT2D eigenvalue weighted by Gasteiger charge is 2.31. The fourth-order valence-corrected chi connectivity index (χ4v) is 6.02. The van der Waals surface area contributed by atoms with Gasteiger partial charge in [0.15, 0.2) is 5.65 Å². The number of carbonyl (C=O) groups is 1. The van der Waals surface area contributed by atoms with Crippen molar-refractivity contribution in [1.29, 1.82) is 0 Å². The highest BCUT2D eigenvalue weighted by Crippen LogP contribution is 2.36. The number of rotatable bonds is 6. The number of nitrogens with zero attached hydrogens (tertiary/aromatic N) is 6. The van der Waals surface area contributed by atoms with E-state index >= 15 is 0 Å². The third kappa shape index (κ3) is 4.88. The zero-order valence-corrected chi connectivity index (χ0v) is 23.4. The van der Waals surface area contributed by atoms with Crippen LogP contribution in [0.2, 0.25) is 5.02 Å². The average Bonchev–Trinajstić information content (AvgIpc) is 3.37. The number of carbonyl (C=O) groups excluding carboxylic acids is 1. The number of piperazine rings is 1. The number of aryl methyl sites for hydroxylation is 2. The lowest BCUT2D eigenvalue weighted by atomic mass is 10.0. The molecule has 2 aliphatic heterocycles. The maximum Gasteiger partial charge on any atom is 0.355 e. The molecule has 4 heterocycles. The summed E-state index contributed by atoms with van der Waals surface area (Å²) in [5, 5.41) is 1.03. The monoisotopic (exact) mass is 552 g/mol. The Bertz CT molecular complexity index is 1470. The maximum absolute atomic E-state index is 14.2. The molecule has 39 heavy (non-hydrogen) atoms. The minimum Gasteiger partial charge on any atom is -0.352 e. The Morgan fingerprint density at radius 3 is 2.44 bits per heavy atom. The van der Waals surface area contributed by atoms with Crippen LogP contribution in [0.1, 0.15) is 38.3 Å². The number of hydrogen-bond acceptors (Lipinski definition) is 6. The molecule has 0 saturated carbocycles. The van der Waals surface area contributed by atoms with Crippen LogP contribution < -0.4 is 15.5 Å². The van der Waals surface area contributed by atoms with Gasteiger partial charge in [-0.1, -0.05) is 50.2 Å². The summed E-state index contributed by atoms with van der Waals surface area (Å²) in [5.41, 5.74) is 2.83. The van der Waals surface area contributed by atoms with E-state index in [2.05, 4.69) is 25.4 Å². The van der Waals surface area contributed by atoms with Crippen molar-refractivity contribution in [3.05, 3.63) is 63.6 Å². The molecule has 0 bridgehead atoms. The van der Waals surface area contributed by atoms with Gasteiger partial charge in [0.2, 0.25) is 5.91 Å². The fourth-order valence-electron chi connectivity index (χ4n) is 5.75. The van der Waals surface area contributed by atoms with Crippen LogP contribution in [-0.4, -0.2) is 70.3 Å². The molecule has 2 aliphatic rings. The highest BCUT2D eigenvalue weighted by atomic mass is 35.5. The largest absolute Gasteiger partial charge is 0.355 e. The molecule has 0 N–H and O–H groups in total. The Morgan fingerprint density at radius 1 is 1.13 bits per heavy atom. The molecule has 0 unspecified atom stereocenters. The molecule has 2 atom stereocenters. The second-order valence-electron chi connectivity index (χ2n) is 10.2. The first kappa shape index (κ1) is 27.1. The molecule has 8 nitrogen and oxygen atoms in total. The molecular formula is C29H34ClFN6O2. The van der Waals surface area contributed by atoms with E-state index in [9.17, 15) is 14.0 Å². The molecule has 10 heteroatoms. The lowest BCUT2D eigenvalue weighted by molar-refractivity contribution is -0.126. The van der Waals surface area contributed by atoms with Crippen molar-refractivity contribution < 1.29 is 9.18 Å². The molecule has 2 saturated heterocycles. The van der Waals surface area contributed by atoms with Gasteiger partial charge in [-0.3, -0.25) is 4.79 Å². The van der Waals surface area contributed by atoms with E-state index in [1.54, 1.807) is 15.5 Å². The van der Waals surface area contributed by atoms with Gasteiger partial charge in [0.1, 0.15) is 17.8 Å². The van der Waals surface area contributed by atoms with Crippen molar-refractivity contribution >= 4 is 40.2 Å². The standard InChI is InChI=1S/C29H34ClFN6O2/c1-5-19-9-8-10-20(6-2)25(19)37-27-22(15-23(30)28(32-27)35-12-11-21(31)17-35)26(33-29(37)39)36-14-13-34(16-18(36)4)24(38)7-3/h7-10,15,18,21H,3,5-6,11-14,16-17H2,1-2,4H3/t18-,21+/m0/s1. The van der Waals surface area contributed by atoms with Gasteiger partial charge in [0.25, 0.3) is 0 Å². The molecular weight excluding hydrogens is 519 g/mol. The van der Waals surface area contributed by atoms with Gasteiger partial charge in [0, 0.05) is 32.2 Å². The number of fused-ring (bicyclic) bond motifs is 1. The summed E-state index contributed by atoms with van der Waals surface area (Å²) in [5.74, 6) is 0.836. The molecule has 206 valence electrons. The van der Waals surface area contributed by atoms with Crippen molar-refractivity contribution in [1.82, 2.24) is 19.4 Å². The molecule has 0 spiro atoms. The number of benzene rings is 1. The van der Waals surface area contributed by atoms with Crippen molar-refractivity contribution in [2.45, 2.75) is 52.2 Å². The fraction of sp³-hybridized carbons (Fsp3) is 0.448. The summed E-state index contributed by atoms with van der Waals surface area (Å²) in [4.78, 5) is 41.4. The number of para-hydroxylation sites is 1. The zero-order chi connectivity index (χ0) is 27.8. The first-order chi connectivity index (χ1) is 18.8. The van der Waals surface area contributed by atoms with Gasteiger partial charge < -0.3 is 14.7 Å². The molecule has 1 aromatic carbocycles. The number of anilines is 2. The van der Waals surface area contributed by atoms with E-state index in [-0.39, 0.29) is 18.5 Å². The second kappa shape index (κ2) is 11.0. The Balaban J connectivity index is 1.75. The molecule has 1 amide bonds. The summed E-state index contributed by atoms with van der Waals surface area (Å²) in [6.07, 6.45) is 2.24. The lowest BCUT2D eigenvalue weighted by Crippen LogP contribution is -2.54. The molecule has 2 fully saturated rings. The van der Waals surface area contributed by atoms with Crippen LogP contribution in [0, 0.1) is 0 Å². The van der Waals surface area contributed by atoms with Crippen molar-refractivity contribution in [3.63, 3.8) is 0 Å². The Kier molecular flexibility index (Phi) is 7.62. The summed E-state index contributed by atoms with van der Waals surface area (Å²) >= 11 is 6.79. The maximum atomic E-state index is 14.2. The second-order valence-corrected chi connectivity index (χ2v) is 10.6. The predicted octanol–water partition coefficient (Wildman–Crippen LogP) is 4.33. The van der Waals surface area contributed by atoms with Crippen LogP contribution in [0.4, 0.5) is 16.0 Å². The van der Waals surface area contributed by atoms with Crippen LogP contribution >= 0.6 is 11.6 Å². The SMILES string of the molecule is C=CC(=O)N1CCN(c2nc(=O)n(-c3c(CC)cccc3CC)c3nc(N4CC[C@@H](F)C4)c(Cl)cc23)[C@@H](C)C1. The average molecular weight is 553 g/mol. The first-order valence-electron chi connectivity index (χ1n) is 13.6. The van der Waals surface area contributed by atoms with Gasteiger partial charge in [-0.25, -0.2) is 18.7 Å². The van der Waals surface area contributed by atoms with Crippen molar-refractivity contribution in [3.8, 4) is 5.69 Å². The lowest BCUT2D eigenvalue weighted by Gasteiger charge is -2.40. The minimum absolute atomic E-state index is 0.105.